The molecular weight excluding hydrogens is 302 g/mol. The van der Waals surface area contributed by atoms with E-state index in [1.165, 1.54) is 16.9 Å². The maximum absolute atomic E-state index is 12.2. The molecule has 0 saturated heterocycles. The standard InChI is InChI=1S/C16H21NO2S2/c1-12-17-15(9-20-12)11-21(18,19)10-13-5-7-14(8-6-13)16(2,3)4/h5-9H,10-11H2,1-4H3. The van der Waals surface area contributed by atoms with Gasteiger partial charge in [-0.15, -0.1) is 11.3 Å². The number of rotatable bonds is 4. The predicted octanol–water partition coefficient (Wildman–Crippen LogP) is 3.86. The molecule has 0 unspecified atom stereocenters. The van der Waals surface area contributed by atoms with E-state index in [1.54, 1.807) is 0 Å². The number of thiazole rings is 1. The Balaban J connectivity index is 2.10. The van der Waals surface area contributed by atoms with E-state index in [0.717, 1.165) is 10.6 Å². The number of aryl methyl sites for hydroxylation is 1. The summed E-state index contributed by atoms with van der Waals surface area (Å²) in [5, 5.41) is 2.71. The van der Waals surface area contributed by atoms with Crippen LogP contribution in [0.25, 0.3) is 0 Å². The molecule has 0 N–H and O–H groups in total. The fourth-order valence-electron chi connectivity index (χ4n) is 2.11. The van der Waals surface area contributed by atoms with Gasteiger partial charge in [-0.2, -0.15) is 0 Å². The Morgan fingerprint density at radius 1 is 1.10 bits per heavy atom. The molecular formula is C16H21NO2S2. The molecule has 0 radical (unpaired) electrons. The molecule has 114 valence electrons. The molecule has 21 heavy (non-hydrogen) atoms. The van der Waals surface area contributed by atoms with Gasteiger partial charge in [0.1, 0.15) is 0 Å². The van der Waals surface area contributed by atoms with E-state index in [1.807, 2.05) is 36.6 Å². The molecule has 0 atom stereocenters. The number of nitrogens with zero attached hydrogens (tertiary/aromatic N) is 1. The minimum atomic E-state index is -3.18. The van der Waals surface area contributed by atoms with Crippen LogP contribution in [-0.2, 0) is 26.8 Å². The zero-order chi connectivity index (χ0) is 15.7. The molecule has 0 fully saturated rings. The summed E-state index contributed by atoms with van der Waals surface area (Å²) in [5.41, 5.74) is 2.76. The summed E-state index contributed by atoms with van der Waals surface area (Å²) in [6, 6.07) is 7.84. The summed E-state index contributed by atoms with van der Waals surface area (Å²) in [6.45, 7) is 8.31. The number of aromatic nitrogens is 1. The first-order chi connectivity index (χ1) is 9.66. The fraction of sp³-hybridized carbons (Fsp3) is 0.438. The van der Waals surface area contributed by atoms with Gasteiger partial charge in [-0.25, -0.2) is 13.4 Å². The Labute approximate surface area is 131 Å². The monoisotopic (exact) mass is 323 g/mol. The minimum Gasteiger partial charge on any atom is -0.246 e. The molecule has 0 saturated carbocycles. The summed E-state index contributed by atoms with van der Waals surface area (Å²) in [6.07, 6.45) is 0. The maximum Gasteiger partial charge on any atom is 0.160 e. The van der Waals surface area contributed by atoms with Crippen molar-refractivity contribution in [2.75, 3.05) is 0 Å². The van der Waals surface area contributed by atoms with Gasteiger partial charge in [-0.1, -0.05) is 45.0 Å². The van der Waals surface area contributed by atoms with Gasteiger partial charge in [-0.3, -0.25) is 0 Å². The SMILES string of the molecule is Cc1nc(CS(=O)(=O)Cc2ccc(C(C)(C)C)cc2)cs1. The van der Waals surface area contributed by atoms with E-state index in [4.69, 9.17) is 0 Å². The number of sulfone groups is 1. The number of hydrogen-bond donors (Lipinski definition) is 0. The lowest BCUT2D eigenvalue weighted by atomic mass is 9.87. The summed E-state index contributed by atoms with van der Waals surface area (Å²) in [4.78, 5) is 4.22. The van der Waals surface area contributed by atoms with Gasteiger partial charge in [0.25, 0.3) is 0 Å². The molecule has 0 amide bonds. The number of benzene rings is 1. The van der Waals surface area contributed by atoms with E-state index in [-0.39, 0.29) is 16.9 Å². The highest BCUT2D eigenvalue weighted by molar-refractivity contribution is 7.89. The second kappa shape index (κ2) is 5.89. The predicted molar refractivity (Wildman–Crippen MR) is 88.3 cm³/mol. The van der Waals surface area contributed by atoms with Crippen LogP contribution >= 0.6 is 11.3 Å². The van der Waals surface area contributed by atoms with Crippen LogP contribution in [0.15, 0.2) is 29.6 Å². The van der Waals surface area contributed by atoms with Crippen LogP contribution in [-0.4, -0.2) is 13.4 Å². The van der Waals surface area contributed by atoms with Crippen LogP contribution < -0.4 is 0 Å². The van der Waals surface area contributed by atoms with Crippen molar-refractivity contribution in [2.24, 2.45) is 0 Å². The lowest BCUT2D eigenvalue weighted by molar-refractivity contribution is 0.589. The van der Waals surface area contributed by atoms with Crippen LogP contribution in [0.4, 0.5) is 0 Å². The summed E-state index contributed by atoms with van der Waals surface area (Å²) in [5.74, 6) is 0.0758. The van der Waals surface area contributed by atoms with Crippen molar-refractivity contribution >= 4 is 21.2 Å². The van der Waals surface area contributed by atoms with Gasteiger partial charge >= 0.3 is 0 Å². The van der Waals surface area contributed by atoms with Crippen molar-refractivity contribution in [1.82, 2.24) is 4.98 Å². The van der Waals surface area contributed by atoms with Crippen LogP contribution in [0.2, 0.25) is 0 Å². The second-order valence-corrected chi connectivity index (χ2v) is 9.46. The van der Waals surface area contributed by atoms with Crippen molar-refractivity contribution in [3.05, 3.63) is 51.5 Å². The first-order valence-electron chi connectivity index (χ1n) is 6.86. The first kappa shape index (κ1) is 16.2. The largest absolute Gasteiger partial charge is 0.246 e. The third-order valence-corrected chi connectivity index (χ3v) is 5.57. The minimum absolute atomic E-state index is 0.0123. The van der Waals surface area contributed by atoms with E-state index < -0.39 is 9.84 Å². The molecule has 3 nitrogen and oxygen atoms in total. The van der Waals surface area contributed by atoms with Crippen molar-refractivity contribution < 1.29 is 8.42 Å². The third-order valence-electron chi connectivity index (χ3n) is 3.24. The highest BCUT2D eigenvalue weighted by atomic mass is 32.2. The lowest BCUT2D eigenvalue weighted by Gasteiger charge is -2.19. The highest BCUT2D eigenvalue weighted by Gasteiger charge is 2.17. The second-order valence-electron chi connectivity index (χ2n) is 6.34. The lowest BCUT2D eigenvalue weighted by Crippen LogP contribution is -2.11. The van der Waals surface area contributed by atoms with E-state index in [2.05, 4.69) is 25.8 Å². The topological polar surface area (TPSA) is 47.0 Å². The van der Waals surface area contributed by atoms with Gasteiger partial charge in [0.15, 0.2) is 9.84 Å². The molecule has 0 bridgehead atoms. The first-order valence-corrected chi connectivity index (χ1v) is 9.57. The Morgan fingerprint density at radius 2 is 1.71 bits per heavy atom. The molecule has 1 heterocycles. The van der Waals surface area contributed by atoms with Crippen LogP contribution in [0, 0.1) is 6.92 Å². The van der Waals surface area contributed by atoms with Crippen LogP contribution in [0.1, 0.15) is 42.6 Å². The molecule has 1 aromatic heterocycles. The Bertz CT molecular complexity index is 707. The normalized spacial score (nSPS) is 12.6. The highest BCUT2D eigenvalue weighted by Crippen LogP contribution is 2.23. The van der Waals surface area contributed by atoms with E-state index in [0.29, 0.717) is 5.69 Å². The van der Waals surface area contributed by atoms with Crippen molar-refractivity contribution in [1.29, 1.82) is 0 Å². The molecule has 0 aliphatic carbocycles. The maximum atomic E-state index is 12.2. The summed E-state index contributed by atoms with van der Waals surface area (Å²) < 4.78 is 24.5. The van der Waals surface area contributed by atoms with Crippen molar-refractivity contribution in [3.63, 3.8) is 0 Å². The molecule has 0 aliphatic rings. The van der Waals surface area contributed by atoms with Gasteiger partial charge in [0.05, 0.1) is 22.2 Å². The zero-order valence-electron chi connectivity index (χ0n) is 12.9. The Kier molecular flexibility index (Phi) is 4.54. The molecule has 2 aromatic rings. The zero-order valence-corrected chi connectivity index (χ0v) is 14.5. The third kappa shape index (κ3) is 4.64. The van der Waals surface area contributed by atoms with Gasteiger partial charge in [-0.05, 0) is 23.5 Å². The molecule has 1 aromatic carbocycles. The van der Waals surface area contributed by atoms with Gasteiger partial charge in [0.2, 0.25) is 0 Å². The van der Waals surface area contributed by atoms with E-state index in [9.17, 15) is 8.42 Å². The molecule has 0 spiro atoms. The average molecular weight is 323 g/mol. The summed E-state index contributed by atoms with van der Waals surface area (Å²) >= 11 is 1.48. The molecule has 0 aliphatic heterocycles. The van der Waals surface area contributed by atoms with Gasteiger partial charge < -0.3 is 0 Å². The molecule has 5 heteroatoms. The van der Waals surface area contributed by atoms with Gasteiger partial charge in [0, 0.05) is 5.38 Å². The average Bonchev–Trinajstić information content (AvgIpc) is 2.72. The summed E-state index contributed by atoms with van der Waals surface area (Å²) in [7, 11) is -3.18. The van der Waals surface area contributed by atoms with E-state index >= 15 is 0 Å². The Morgan fingerprint density at radius 3 is 2.19 bits per heavy atom. The molecule has 2 rings (SSSR count). The van der Waals surface area contributed by atoms with Crippen LogP contribution in [0.3, 0.4) is 0 Å². The van der Waals surface area contributed by atoms with Crippen molar-refractivity contribution in [2.45, 2.75) is 44.6 Å². The number of hydrogen-bond acceptors (Lipinski definition) is 4. The smallest absolute Gasteiger partial charge is 0.160 e. The van der Waals surface area contributed by atoms with Crippen molar-refractivity contribution in [3.8, 4) is 0 Å². The fourth-order valence-corrected chi connectivity index (χ4v) is 4.22. The van der Waals surface area contributed by atoms with Crippen LogP contribution in [0.5, 0.6) is 0 Å². The Hall–Kier alpha value is -1.20. The quantitative estimate of drug-likeness (QED) is 0.858.